The van der Waals surface area contributed by atoms with E-state index < -0.39 is 12.1 Å². The Kier molecular flexibility index (Phi) is 3.34. The molecule has 3 aromatic rings. The molecule has 1 aromatic carbocycles. The lowest BCUT2D eigenvalue weighted by atomic mass is 10.0. The number of aromatic nitrogens is 2. The molecule has 0 bridgehead atoms. The van der Waals surface area contributed by atoms with E-state index in [1.165, 1.54) is 11.3 Å². The molecule has 2 atom stereocenters. The maximum Gasteiger partial charge on any atom is 0.232 e. The summed E-state index contributed by atoms with van der Waals surface area (Å²) in [5.74, 6) is -0.782. The van der Waals surface area contributed by atoms with Gasteiger partial charge in [0.15, 0.2) is 5.13 Å². The SMILES string of the molecule is Cc1ncccc1-c1ccc2nc(NC(=O)C3CC3F)sc2c1. The number of alkyl halides is 1. The largest absolute Gasteiger partial charge is 0.302 e. The van der Waals surface area contributed by atoms with Gasteiger partial charge in [-0.3, -0.25) is 9.78 Å². The van der Waals surface area contributed by atoms with E-state index in [0.717, 1.165) is 27.0 Å². The molecule has 1 fully saturated rings. The Labute approximate surface area is 136 Å². The number of rotatable bonds is 3. The number of nitrogens with one attached hydrogen (secondary N) is 1. The molecule has 6 heteroatoms. The summed E-state index contributed by atoms with van der Waals surface area (Å²) in [5, 5.41) is 3.23. The van der Waals surface area contributed by atoms with Crippen molar-refractivity contribution in [1.82, 2.24) is 9.97 Å². The van der Waals surface area contributed by atoms with Crippen LogP contribution in [-0.2, 0) is 4.79 Å². The van der Waals surface area contributed by atoms with Crippen molar-refractivity contribution in [2.24, 2.45) is 5.92 Å². The average molecular weight is 327 g/mol. The van der Waals surface area contributed by atoms with Crippen molar-refractivity contribution in [3.8, 4) is 11.1 Å². The minimum Gasteiger partial charge on any atom is -0.302 e. The van der Waals surface area contributed by atoms with Gasteiger partial charge in [0.25, 0.3) is 0 Å². The first-order valence-corrected chi connectivity index (χ1v) is 8.21. The highest BCUT2D eigenvalue weighted by atomic mass is 32.1. The smallest absolute Gasteiger partial charge is 0.232 e. The van der Waals surface area contributed by atoms with Gasteiger partial charge in [-0.05, 0) is 37.1 Å². The molecule has 1 aliphatic carbocycles. The van der Waals surface area contributed by atoms with Crippen LogP contribution in [0.1, 0.15) is 12.1 Å². The second kappa shape index (κ2) is 5.38. The normalized spacial score (nSPS) is 19.7. The Morgan fingerprint density at radius 1 is 1.39 bits per heavy atom. The number of pyridine rings is 1. The van der Waals surface area contributed by atoms with Gasteiger partial charge in [0.05, 0.1) is 16.1 Å². The first-order valence-electron chi connectivity index (χ1n) is 7.39. The lowest BCUT2D eigenvalue weighted by molar-refractivity contribution is -0.117. The number of amides is 1. The molecule has 2 heterocycles. The van der Waals surface area contributed by atoms with Crippen LogP contribution in [0.25, 0.3) is 21.3 Å². The van der Waals surface area contributed by atoms with Crippen molar-refractivity contribution in [3.05, 3.63) is 42.2 Å². The number of carbonyl (C=O) groups excluding carboxylic acids is 1. The fourth-order valence-electron chi connectivity index (χ4n) is 2.57. The van der Waals surface area contributed by atoms with Crippen LogP contribution in [0.2, 0.25) is 0 Å². The summed E-state index contributed by atoms with van der Waals surface area (Å²) in [6.45, 7) is 1.97. The summed E-state index contributed by atoms with van der Waals surface area (Å²) in [4.78, 5) is 20.5. The summed E-state index contributed by atoms with van der Waals surface area (Å²) in [7, 11) is 0. The van der Waals surface area contributed by atoms with Crippen LogP contribution in [0.4, 0.5) is 9.52 Å². The number of halogens is 1. The third-order valence-electron chi connectivity index (χ3n) is 3.99. The van der Waals surface area contributed by atoms with Crippen molar-refractivity contribution in [2.75, 3.05) is 5.32 Å². The molecule has 4 nitrogen and oxygen atoms in total. The quantitative estimate of drug-likeness (QED) is 0.792. The molecule has 0 radical (unpaired) electrons. The summed E-state index contributed by atoms with van der Waals surface area (Å²) in [6, 6.07) is 9.91. The van der Waals surface area contributed by atoms with E-state index in [1.807, 2.05) is 37.3 Å². The van der Waals surface area contributed by atoms with Gasteiger partial charge in [-0.1, -0.05) is 23.5 Å². The van der Waals surface area contributed by atoms with Gasteiger partial charge in [-0.2, -0.15) is 0 Å². The van der Waals surface area contributed by atoms with Gasteiger partial charge in [-0.15, -0.1) is 0 Å². The second-order valence-electron chi connectivity index (χ2n) is 5.69. The van der Waals surface area contributed by atoms with Crippen LogP contribution in [0.15, 0.2) is 36.5 Å². The Morgan fingerprint density at radius 3 is 2.96 bits per heavy atom. The second-order valence-corrected chi connectivity index (χ2v) is 6.72. The molecule has 2 aromatic heterocycles. The van der Waals surface area contributed by atoms with Gasteiger partial charge in [0, 0.05) is 17.5 Å². The lowest BCUT2D eigenvalue weighted by Crippen LogP contribution is -2.14. The zero-order valence-corrected chi connectivity index (χ0v) is 13.2. The molecular formula is C17H14FN3OS. The molecule has 1 N–H and O–H groups in total. The summed E-state index contributed by atoms with van der Waals surface area (Å²) >= 11 is 1.40. The third-order valence-corrected chi connectivity index (χ3v) is 4.92. The Balaban J connectivity index is 1.64. The third kappa shape index (κ3) is 2.70. The summed E-state index contributed by atoms with van der Waals surface area (Å²) < 4.78 is 13.9. The minimum atomic E-state index is -0.996. The first kappa shape index (κ1) is 14.3. The number of aryl methyl sites for hydroxylation is 1. The minimum absolute atomic E-state index is 0.278. The van der Waals surface area contributed by atoms with Gasteiger partial charge in [-0.25, -0.2) is 9.37 Å². The zero-order valence-electron chi connectivity index (χ0n) is 12.4. The standard InChI is InChI=1S/C17H14FN3OS/c1-9-11(3-2-6-19-9)10-4-5-14-15(7-10)23-17(20-14)21-16(22)12-8-13(12)18/h2-7,12-13H,8H2,1H3,(H,20,21,22). The Hall–Kier alpha value is -2.34. The number of anilines is 1. The first-order chi connectivity index (χ1) is 11.1. The Bertz CT molecular complexity index is 908. The topological polar surface area (TPSA) is 54.9 Å². The van der Waals surface area contributed by atoms with Crippen molar-refractivity contribution in [3.63, 3.8) is 0 Å². The van der Waals surface area contributed by atoms with E-state index in [4.69, 9.17) is 0 Å². The van der Waals surface area contributed by atoms with Crippen molar-refractivity contribution < 1.29 is 9.18 Å². The van der Waals surface area contributed by atoms with Crippen LogP contribution >= 0.6 is 11.3 Å². The number of benzene rings is 1. The predicted molar refractivity (Wildman–Crippen MR) is 89.2 cm³/mol. The molecule has 2 unspecified atom stereocenters. The Morgan fingerprint density at radius 2 is 2.22 bits per heavy atom. The number of fused-ring (bicyclic) bond motifs is 1. The van der Waals surface area contributed by atoms with E-state index >= 15 is 0 Å². The van der Waals surface area contributed by atoms with Crippen LogP contribution in [-0.4, -0.2) is 22.0 Å². The molecule has 116 valence electrons. The molecule has 1 amide bonds. The van der Waals surface area contributed by atoms with Gasteiger partial charge in [0.1, 0.15) is 6.17 Å². The number of nitrogens with zero attached hydrogens (tertiary/aromatic N) is 2. The molecule has 1 aliphatic rings. The lowest BCUT2D eigenvalue weighted by Gasteiger charge is -2.04. The van der Waals surface area contributed by atoms with E-state index in [0.29, 0.717) is 11.6 Å². The molecule has 1 saturated carbocycles. The number of thiazole rings is 1. The maximum absolute atomic E-state index is 12.9. The van der Waals surface area contributed by atoms with Gasteiger partial charge in [0.2, 0.25) is 5.91 Å². The molecule has 0 aliphatic heterocycles. The van der Waals surface area contributed by atoms with Crippen LogP contribution in [0.3, 0.4) is 0 Å². The van der Waals surface area contributed by atoms with Crippen molar-refractivity contribution in [2.45, 2.75) is 19.5 Å². The fraction of sp³-hybridized carbons (Fsp3) is 0.235. The fourth-order valence-corrected chi connectivity index (χ4v) is 3.48. The van der Waals surface area contributed by atoms with E-state index in [1.54, 1.807) is 6.20 Å². The van der Waals surface area contributed by atoms with Gasteiger partial charge >= 0.3 is 0 Å². The molecular weight excluding hydrogens is 313 g/mol. The number of hydrogen-bond acceptors (Lipinski definition) is 4. The van der Waals surface area contributed by atoms with Crippen LogP contribution in [0, 0.1) is 12.8 Å². The highest BCUT2D eigenvalue weighted by Crippen LogP contribution is 2.36. The maximum atomic E-state index is 12.9. The number of hydrogen-bond donors (Lipinski definition) is 1. The molecule has 0 saturated heterocycles. The predicted octanol–water partition coefficient (Wildman–Crippen LogP) is 3.96. The highest BCUT2D eigenvalue weighted by Gasteiger charge is 2.43. The van der Waals surface area contributed by atoms with Crippen LogP contribution in [0.5, 0.6) is 0 Å². The zero-order chi connectivity index (χ0) is 16.0. The number of carbonyl (C=O) groups is 1. The van der Waals surface area contributed by atoms with E-state index in [9.17, 15) is 9.18 Å². The molecule has 4 rings (SSSR count). The summed E-state index contributed by atoms with van der Waals surface area (Å²) in [5.41, 5.74) is 3.93. The molecule has 0 spiro atoms. The molecule has 23 heavy (non-hydrogen) atoms. The monoisotopic (exact) mass is 327 g/mol. The summed E-state index contributed by atoms with van der Waals surface area (Å²) in [6.07, 6.45) is 1.10. The van der Waals surface area contributed by atoms with Crippen LogP contribution < -0.4 is 5.32 Å². The van der Waals surface area contributed by atoms with Gasteiger partial charge < -0.3 is 5.32 Å². The van der Waals surface area contributed by atoms with Crippen molar-refractivity contribution >= 4 is 32.6 Å². The van der Waals surface area contributed by atoms with E-state index in [-0.39, 0.29) is 5.91 Å². The van der Waals surface area contributed by atoms with E-state index in [2.05, 4.69) is 15.3 Å². The average Bonchev–Trinajstić information content (AvgIpc) is 3.13. The highest BCUT2D eigenvalue weighted by molar-refractivity contribution is 7.22. The van der Waals surface area contributed by atoms with Crippen molar-refractivity contribution in [1.29, 1.82) is 0 Å².